The molecule has 3 aliphatic rings. The number of fused-ring (bicyclic) bond motifs is 3. The number of benzene rings is 2. The van der Waals surface area contributed by atoms with Gasteiger partial charge in [0.2, 0.25) is 5.78 Å². The number of aliphatic hydroxyl groups is 2. The molecule has 1 aliphatic heterocycles. The molecular weight excluding hydrogens is 522 g/mol. The fourth-order valence-corrected chi connectivity index (χ4v) is 5.50. The van der Waals surface area contributed by atoms with Crippen molar-refractivity contribution in [2.45, 2.75) is 69.4 Å². The topological polar surface area (TPSA) is 197 Å². The molecule has 1 saturated heterocycles. The van der Waals surface area contributed by atoms with Gasteiger partial charge in [0, 0.05) is 42.0 Å². The number of nitrogens with two attached hydrogens (primary N) is 1. The smallest absolute Gasteiger partial charge is 0.202 e. The minimum atomic E-state index is -2.02. The van der Waals surface area contributed by atoms with Gasteiger partial charge >= 0.3 is 0 Å². The minimum absolute atomic E-state index is 0. The lowest BCUT2D eigenvalue weighted by molar-refractivity contribution is -0.247. The van der Waals surface area contributed by atoms with E-state index in [1.807, 2.05) is 0 Å². The van der Waals surface area contributed by atoms with Crippen LogP contribution in [0.4, 0.5) is 0 Å². The van der Waals surface area contributed by atoms with Gasteiger partial charge in [-0.15, -0.1) is 12.4 Å². The van der Waals surface area contributed by atoms with E-state index in [9.17, 15) is 39.9 Å². The monoisotopic (exact) mass is 549 g/mol. The van der Waals surface area contributed by atoms with Crippen LogP contribution >= 0.6 is 12.4 Å². The highest BCUT2D eigenvalue weighted by atomic mass is 35.5. The van der Waals surface area contributed by atoms with Crippen LogP contribution in [-0.4, -0.2) is 73.0 Å². The Morgan fingerprint density at radius 2 is 1.76 bits per heavy atom. The summed E-state index contributed by atoms with van der Waals surface area (Å²) in [5.74, 6) is -4.13. The maximum absolute atomic E-state index is 13.4. The molecule has 204 valence electrons. The minimum Gasteiger partial charge on any atom is -0.507 e. The van der Waals surface area contributed by atoms with E-state index in [4.69, 9.17) is 15.2 Å². The molecule has 0 saturated carbocycles. The Labute approximate surface area is 223 Å². The predicted molar refractivity (Wildman–Crippen MR) is 133 cm³/mol. The molecule has 2 aliphatic carbocycles. The third-order valence-corrected chi connectivity index (χ3v) is 7.59. The molecule has 5 unspecified atom stereocenters. The molecule has 0 spiro atoms. The van der Waals surface area contributed by atoms with Crippen LogP contribution in [0, 0.1) is 0 Å². The third kappa shape index (κ3) is 4.06. The van der Waals surface area contributed by atoms with Crippen LogP contribution in [0.5, 0.6) is 17.2 Å². The number of ether oxygens (including phenoxy) is 2. The fourth-order valence-electron chi connectivity index (χ4n) is 5.50. The lowest BCUT2D eigenvalue weighted by Gasteiger charge is -2.42. The number of ketones is 3. The van der Waals surface area contributed by atoms with Gasteiger partial charge in [-0.1, -0.05) is 12.1 Å². The van der Waals surface area contributed by atoms with Crippen molar-refractivity contribution >= 4 is 29.8 Å². The van der Waals surface area contributed by atoms with Gasteiger partial charge in [-0.25, -0.2) is 0 Å². The van der Waals surface area contributed by atoms with Crippen molar-refractivity contribution < 1.29 is 49.4 Å². The van der Waals surface area contributed by atoms with Gasteiger partial charge in [0.15, 0.2) is 17.9 Å². The molecule has 1 heterocycles. The number of rotatable bonds is 3. The van der Waals surface area contributed by atoms with Crippen LogP contribution in [0.2, 0.25) is 0 Å². The van der Waals surface area contributed by atoms with Crippen molar-refractivity contribution in [3.05, 3.63) is 51.6 Å². The second kappa shape index (κ2) is 9.60. The van der Waals surface area contributed by atoms with Crippen molar-refractivity contribution in [2.24, 2.45) is 5.73 Å². The highest BCUT2D eigenvalue weighted by Crippen LogP contribution is 2.52. The first kappa shape index (κ1) is 28.0. The molecule has 0 radical (unpaired) electrons. The molecule has 7 N–H and O–H groups in total. The first-order valence-corrected chi connectivity index (χ1v) is 11.9. The van der Waals surface area contributed by atoms with Gasteiger partial charge in [-0.05, 0) is 19.9 Å². The molecule has 2 aromatic rings. The van der Waals surface area contributed by atoms with Crippen molar-refractivity contribution in [3.8, 4) is 17.2 Å². The van der Waals surface area contributed by atoms with E-state index in [2.05, 4.69) is 0 Å². The average molecular weight is 550 g/mol. The number of aliphatic hydroxyl groups excluding tert-OH is 1. The molecule has 11 nitrogen and oxygen atoms in total. The van der Waals surface area contributed by atoms with Gasteiger partial charge in [0.25, 0.3) is 0 Å². The van der Waals surface area contributed by atoms with E-state index in [0.717, 1.165) is 6.92 Å². The standard InChI is InChI=1S/C26H27NO10.ClH/c1-9-21(30)13(27)6-16(36-9)37-15-8-26(35,10(2)28)7-12-18(15)25(34)20-19(23(12)32)22(31)11-4-3-5-14(29)17(11)24(20)33;/h3-5,9,13,15-16,21,29-30,32,34-35H,6-8,27H2,1-2H3;1H/t9?,13?,15?,16?,21?,26-;/m0./s1. The van der Waals surface area contributed by atoms with E-state index in [1.54, 1.807) is 6.92 Å². The molecule has 5 rings (SSSR count). The summed E-state index contributed by atoms with van der Waals surface area (Å²) in [6.07, 6.45) is -4.68. The Bertz CT molecular complexity index is 1350. The number of carbonyl (C=O) groups is 3. The van der Waals surface area contributed by atoms with Gasteiger partial charge in [-0.3, -0.25) is 14.4 Å². The maximum atomic E-state index is 13.4. The lowest BCUT2D eigenvalue weighted by Crippen LogP contribution is -2.52. The van der Waals surface area contributed by atoms with Crippen molar-refractivity contribution in [2.75, 3.05) is 0 Å². The molecule has 0 bridgehead atoms. The molecule has 12 heteroatoms. The summed E-state index contributed by atoms with van der Waals surface area (Å²) in [5.41, 5.74) is 2.29. The Morgan fingerprint density at radius 1 is 1.11 bits per heavy atom. The van der Waals surface area contributed by atoms with Gasteiger partial charge in [-0.2, -0.15) is 0 Å². The van der Waals surface area contributed by atoms with Crippen LogP contribution in [0.1, 0.15) is 75.8 Å². The van der Waals surface area contributed by atoms with Crippen LogP contribution < -0.4 is 5.73 Å². The summed E-state index contributed by atoms with van der Waals surface area (Å²) in [4.78, 5) is 39.1. The second-order valence-corrected chi connectivity index (χ2v) is 9.95. The van der Waals surface area contributed by atoms with Crippen molar-refractivity contribution in [3.63, 3.8) is 0 Å². The lowest BCUT2D eigenvalue weighted by atomic mass is 9.72. The number of carbonyl (C=O) groups excluding carboxylic acids is 3. The van der Waals surface area contributed by atoms with E-state index in [-0.39, 0.29) is 47.5 Å². The quantitative estimate of drug-likeness (QED) is 0.256. The largest absolute Gasteiger partial charge is 0.507 e. The molecule has 2 aromatic carbocycles. The number of aromatic hydroxyl groups is 3. The molecule has 38 heavy (non-hydrogen) atoms. The van der Waals surface area contributed by atoms with E-state index < -0.39 is 88.4 Å². The predicted octanol–water partition coefficient (Wildman–Crippen LogP) is 1.15. The molecule has 0 aromatic heterocycles. The summed E-state index contributed by atoms with van der Waals surface area (Å²) in [5, 5.41) is 54.1. The van der Waals surface area contributed by atoms with Gasteiger partial charge in [0.1, 0.15) is 22.8 Å². The molecular formula is C26H28ClNO10. The number of phenols is 3. The Kier molecular flexibility index (Phi) is 7.06. The highest BCUT2D eigenvalue weighted by Gasteiger charge is 2.49. The van der Waals surface area contributed by atoms with Crippen LogP contribution in [0.3, 0.4) is 0 Å². The number of phenolic OH excluding ortho intramolecular Hbond substituents is 3. The van der Waals surface area contributed by atoms with E-state index >= 15 is 0 Å². The van der Waals surface area contributed by atoms with Crippen LogP contribution in [0.25, 0.3) is 0 Å². The SMILES string of the molecule is CC(=O)[C@]1(O)Cc2c(O)c3c(c(O)c2C(OC2CC(N)C(O)C(C)O2)C1)C(=O)c1c(O)cccc1C3=O.Cl. The Hall–Kier alpha value is -3.06. The van der Waals surface area contributed by atoms with Crippen LogP contribution in [-0.2, 0) is 20.7 Å². The first-order chi connectivity index (χ1) is 17.4. The fraction of sp³-hybridized carbons (Fsp3) is 0.423. The number of halogens is 1. The van der Waals surface area contributed by atoms with E-state index in [1.165, 1.54) is 18.2 Å². The average Bonchev–Trinajstić information content (AvgIpc) is 2.82. The zero-order chi connectivity index (χ0) is 27.0. The summed E-state index contributed by atoms with van der Waals surface area (Å²) in [7, 11) is 0. The number of Topliss-reactive ketones (excluding diaryl/α,β-unsaturated/α-hetero) is 1. The first-order valence-electron chi connectivity index (χ1n) is 11.9. The Balaban J connectivity index is 0.00000336. The number of hydrogen-bond acceptors (Lipinski definition) is 11. The normalized spacial score (nSPS) is 30.1. The van der Waals surface area contributed by atoms with Crippen LogP contribution in [0.15, 0.2) is 18.2 Å². The number of hydrogen-bond donors (Lipinski definition) is 6. The zero-order valence-electron chi connectivity index (χ0n) is 20.5. The summed E-state index contributed by atoms with van der Waals surface area (Å²) >= 11 is 0. The molecule has 6 atom stereocenters. The summed E-state index contributed by atoms with van der Waals surface area (Å²) in [6, 6.07) is 3.20. The maximum Gasteiger partial charge on any atom is 0.202 e. The van der Waals surface area contributed by atoms with E-state index in [0.29, 0.717) is 0 Å². The Morgan fingerprint density at radius 3 is 2.39 bits per heavy atom. The second-order valence-electron chi connectivity index (χ2n) is 9.95. The summed E-state index contributed by atoms with van der Waals surface area (Å²) < 4.78 is 11.7. The molecule has 1 fully saturated rings. The molecule has 0 amide bonds. The highest BCUT2D eigenvalue weighted by molar-refractivity contribution is 6.31. The third-order valence-electron chi connectivity index (χ3n) is 7.59. The zero-order valence-corrected chi connectivity index (χ0v) is 21.3. The van der Waals surface area contributed by atoms with Gasteiger partial charge in [0.05, 0.1) is 35.0 Å². The van der Waals surface area contributed by atoms with Gasteiger partial charge < -0.3 is 40.7 Å². The summed E-state index contributed by atoms with van der Waals surface area (Å²) in [6.45, 7) is 2.76. The van der Waals surface area contributed by atoms with Crippen molar-refractivity contribution in [1.82, 2.24) is 0 Å². The van der Waals surface area contributed by atoms with Crippen molar-refractivity contribution in [1.29, 1.82) is 0 Å².